The van der Waals surface area contributed by atoms with E-state index in [0.29, 0.717) is 18.8 Å². The first-order valence-corrected chi connectivity index (χ1v) is 12.4. The zero-order valence-corrected chi connectivity index (χ0v) is 20.1. The van der Waals surface area contributed by atoms with E-state index in [4.69, 9.17) is 9.47 Å². The molecule has 1 aliphatic heterocycles. The van der Waals surface area contributed by atoms with E-state index in [2.05, 4.69) is 25.7 Å². The second-order valence-electron chi connectivity index (χ2n) is 8.78. The number of benzene rings is 1. The number of cyclic esters (lactones) is 1. The summed E-state index contributed by atoms with van der Waals surface area (Å²) in [7, 11) is 0. The van der Waals surface area contributed by atoms with Crippen molar-refractivity contribution in [2.75, 3.05) is 19.7 Å². The second-order valence-corrected chi connectivity index (χ2v) is 8.78. The van der Waals surface area contributed by atoms with Gasteiger partial charge in [-0.25, -0.2) is 4.79 Å². The van der Waals surface area contributed by atoms with Crippen molar-refractivity contribution < 1.29 is 24.2 Å². The van der Waals surface area contributed by atoms with Gasteiger partial charge in [-0.15, -0.1) is 0 Å². The van der Waals surface area contributed by atoms with Crippen LogP contribution in [0.25, 0.3) is 0 Å². The molecule has 0 bridgehead atoms. The summed E-state index contributed by atoms with van der Waals surface area (Å²) in [6.07, 6.45) is 8.71. The normalized spacial score (nSPS) is 17.9. The first-order chi connectivity index (χ1) is 15.5. The van der Waals surface area contributed by atoms with Gasteiger partial charge in [0.05, 0.1) is 12.5 Å². The van der Waals surface area contributed by atoms with Crippen LogP contribution in [0.5, 0.6) is 5.75 Å². The van der Waals surface area contributed by atoms with Gasteiger partial charge in [-0.1, -0.05) is 65.0 Å². The van der Waals surface area contributed by atoms with Gasteiger partial charge in [0, 0.05) is 19.0 Å². The van der Waals surface area contributed by atoms with Crippen molar-refractivity contribution in [2.24, 2.45) is 11.8 Å². The van der Waals surface area contributed by atoms with Gasteiger partial charge in [-0.2, -0.15) is 0 Å². The summed E-state index contributed by atoms with van der Waals surface area (Å²) in [5.41, 5.74) is 0.156. The molecular formula is C26H41NO5. The van der Waals surface area contributed by atoms with Crippen LogP contribution in [0.4, 0.5) is 0 Å². The van der Waals surface area contributed by atoms with Crippen LogP contribution in [-0.2, 0) is 9.53 Å². The second kappa shape index (κ2) is 14.1. The van der Waals surface area contributed by atoms with Crippen LogP contribution in [0, 0.1) is 11.8 Å². The van der Waals surface area contributed by atoms with Gasteiger partial charge < -0.3 is 14.6 Å². The number of esters is 1. The molecule has 6 heteroatoms. The fourth-order valence-corrected chi connectivity index (χ4v) is 4.58. The molecule has 1 saturated heterocycles. The quantitative estimate of drug-likeness (QED) is 0.197. The van der Waals surface area contributed by atoms with Crippen molar-refractivity contribution in [3.8, 4) is 5.75 Å². The maximum atomic E-state index is 12.6. The third-order valence-corrected chi connectivity index (χ3v) is 6.30. The van der Waals surface area contributed by atoms with Gasteiger partial charge in [-0.05, 0) is 37.8 Å². The van der Waals surface area contributed by atoms with Crippen molar-refractivity contribution in [1.29, 1.82) is 0 Å². The molecule has 1 aliphatic rings. The van der Waals surface area contributed by atoms with Gasteiger partial charge >= 0.3 is 11.9 Å². The average Bonchev–Trinajstić information content (AvgIpc) is 3.21. The molecule has 0 saturated carbocycles. The molecule has 0 spiro atoms. The number of unbranched alkanes of at least 4 members (excludes halogenated alkanes) is 4. The number of nitrogens with zero attached hydrogens (tertiary/aromatic N) is 1. The molecule has 0 aliphatic carbocycles. The number of carboxylic acids is 1. The van der Waals surface area contributed by atoms with Gasteiger partial charge in [0.1, 0.15) is 11.3 Å². The molecule has 0 aromatic heterocycles. The minimum absolute atomic E-state index is 0.0416. The van der Waals surface area contributed by atoms with Crippen molar-refractivity contribution in [1.82, 2.24) is 4.90 Å². The monoisotopic (exact) mass is 447 g/mol. The lowest BCUT2D eigenvalue weighted by Gasteiger charge is -2.39. The molecule has 2 rings (SSSR count). The molecule has 3 atom stereocenters. The zero-order valence-electron chi connectivity index (χ0n) is 20.1. The molecule has 180 valence electrons. The van der Waals surface area contributed by atoms with Gasteiger partial charge in [-0.3, -0.25) is 9.69 Å². The van der Waals surface area contributed by atoms with Crippen molar-refractivity contribution in [3.05, 3.63) is 29.8 Å². The van der Waals surface area contributed by atoms with E-state index in [1.54, 1.807) is 24.3 Å². The molecule has 1 heterocycles. The molecule has 1 aromatic rings. The third-order valence-electron chi connectivity index (χ3n) is 6.30. The van der Waals surface area contributed by atoms with E-state index < -0.39 is 5.97 Å². The molecule has 1 aromatic carbocycles. The summed E-state index contributed by atoms with van der Waals surface area (Å²) >= 11 is 0. The number of para-hydroxylation sites is 1. The predicted octanol–water partition coefficient (Wildman–Crippen LogP) is 5.75. The molecule has 32 heavy (non-hydrogen) atoms. The minimum Gasteiger partial charge on any atom is -0.478 e. The Bertz CT molecular complexity index is 697. The fourth-order valence-electron chi connectivity index (χ4n) is 4.58. The number of carboxylic acid groups (broad SMARTS) is 1. The van der Waals surface area contributed by atoms with Crippen molar-refractivity contribution in [2.45, 2.75) is 84.8 Å². The fraction of sp³-hybridized carbons (Fsp3) is 0.692. The zero-order chi connectivity index (χ0) is 23.3. The SMILES string of the molecule is CCCCCN(CCCCC)[C@@H](Oc1ccccc1C(=O)O)C(CCC)C1CCOC1=O. The Balaban J connectivity index is 2.41. The summed E-state index contributed by atoms with van der Waals surface area (Å²) in [5.74, 6) is -1.04. The Labute approximate surface area is 193 Å². The molecule has 2 unspecified atom stereocenters. The van der Waals surface area contributed by atoms with Crippen LogP contribution in [-0.4, -0.2) is 47.9 Å². The molecule has 1 N–H and O–H groups in total. The highest BCUT2D eigenvalue weighted by Crippen LogP contribution is 2.34. The number of carbonyl (C=O) groups excluding carboxylic acids is 1. The summed E-state index contributed by atoms with van der Waals surface area (Å²) in [5, 5.41) is 9.69. The van der Waals surface area contributed by atoms with Crippen molar-refractivity contribution >= 4 is 11.9 Å². The van der Waals surface area contributed by atoms with Crippen LogP contribution in [0.1, 0.15) is 88.9 Å². The summed E-state index contributed by atoms with van der Waals surface area (Å²) < 4.78 is 11.9. The first kappa shape index (κ1) is 26.2. The Morgan fingerprint density at radius 2 is 1.75 bits per heavy atom. The van der Waals surface area contributed by atoms with Gasteiger partial charge in [0.2, 0.25) is 0 Å². The summed E-state index contributed by atoms with van der Waals surface area (Å²) in [6.45, 7) is 8.70. The maximum Gasteiger partial charge on any atom is 0.339 e. The smallest absolute Gasteiger partial charge is 0.339 e. The predicted molar refractivity (Wildman–Crippen MR) is 126 cm³/mol. The lowest BCUT2D eigenvalue weighted by molar-refractivity contribution is -0.146. The van der Waals surface area contributed by atoms with E-state index in [0.717, 1.165) is 64.5 Å². The van der Waals surface area contributed by atoms with Crippen LogP contribution in [0.3, 0.4) is 0 Å². The van der Waals surface area contributed by atoms with Crippen LogP contribution < -0.4 is 4.74 Å². The number of rotatable bonds is 16. The molecule has 1 fully saturated rings. The molecular weight excluding hydrogens is 406 g/mol. The third kappa shape index (κ3) is 7.51. The standard InChI is InChI=1S/C26H41NO5/c1-4-7-11-17-27(18-12-8-5-2)24(20(13-6-3)21-16-19-31-26(21)30)32-23-15-10-9-14-22(23)25(28)29/h9-10,14-15,20-21,24H,4-8,11-13,16-19H2,1-3H3,(H,28,29)/t20?,21?,24-/m0/s1. The molecule has 0 amide bonds. The van der Waals surface area contributed by atoms with E-state index in [1.165, 1.54) is 0 Å². The first-order valence-electron chi connectivity index (χ1n) is 12.4. The lowest BCUT2D eigenvalue weighted by atomic mass is 9.85. The minimum atomic E-state index is -1.00. The number of ether oxygens (including phenoxy) is 2. The van der Waals surface area contributed by atoms with E-state index in [9.17, 15) is 14.7 Å². The number of aromatic carboxylic acids is 1. The Kier molecular flexibility index (Phi) is 11.6. The molecule has 6 nitrogen and oxygen atoms in total. The van der Waals surface area contributed by atoms with Crippen LogP contribution in [0.15, 0.2) is 24.3 Å². The highest BCUT2D eigenvalue weighted by atomic mass is 16.5. The maximum absolute atomic E-state index is 12.6. The Morgan fingerprint density at radius 3 is 2.28 bits per heavy atom. The average molecular weight is 448 g/mol. The highest BCUT2D eigenvalue weighted by Gasteiger charge is 2.41. The van der Waals surface area contributed by atoms with Crippen molar-refractivity contribution in [3.63, 3.8) is 0 Å². The van der Waals surface area contributed by atoms with Gasteiger partial charge in [0.15, 0.2) is 6.23 Å². The largest absolute Gasteiger partial charge is 0.478 e. The number of carbonyl (C=O) groups is 2. The molecule has 0 radical (unpaired) electrons. The number of hydrogen-bond donors (Lipinski definition) is 1. The Morgan fingerprint density at radius 1 is 1.09 bits per heavy atom. The highest BCUT2D eigenvalue weighted by molar-refractivity contribution is 5.90. The van der Waals surface area contributed by atoms with E-state index >= 15 is 0 Å². The van der Waals surface area contributed by atoms with Crippen LogP contribution in [0.2, 0.25) is 0 Å². The number of hydrogen-bond acceptors (Lipinski definition) is 5. The van der Waals surface area contributed by atoms with Crippen LogP contribution >= 0.6 is 0 Å². The summed E-state index contributed by atoms with van der Waals surface area (Å²) in [4.78, 5) is 26.8. The summed E-state index contributed by atoms with van der Waals surface area (Å²) in [6, 6.07) is 6.81. The topological polar surface area (TPSA) is 76.1 Å². The Hall–Kier alpha value is -2.08. The van der Waals surface area contributed by atoms with E-state index in [1.807, 2.05) is 0 Å². The van der Waals surface area contributed by atoms with Gasteiger partial charge in [0.25, 0.3) is 0 Å². The van der Waals surface area contributed by atoms with E-state index in [-0.39, 0.29) is 29.6 Å². The lowest BCUT2D eigenvalue weighted by Crippen LogP contribution is -2.49.